The van der Waals surface area contributed by atoms with Crippen molar-refractivity contribution in [3.8, 4) is 0 Å². The Bertz CT molecular complexity index is 1080. The minimum Gasteiger partial charge on any atom is -0.550 e. The molecule has 0 N–H and O–H groups in total. The lowest BCUT2D eigenvalue weighted by atomic mass is 9.87. The first-order valence-corrected chi connectivity index (χ1v) is 12.1. The van der Waals surface area contributed by atoms with Gasteiger partial charge in [-0.15, -0.1) is 0 Å². The molecule has 0 amide bonds. The molecule has 4 nitrogen and oxygen atoms in total. The molecule has 0 aliphatic heterocycles. The Hall–Kier alpha value is -2.30. The lowest BCUT2D eigenvalue weighted by Gasteiger charge is -2.42. The van der Waals surface area contributed by atoms with Crippen LogP contribution >= 0.6 is 0 Å². The number of hydrogen-bond acceptors (Lipinski definition) is 4. The Kier molecular flexibility index (Phi) is 12.0. The number of carbonyl (C=O) groups excluding carboxylic acids is 2. The van der Waals surface area contributed by atoms with Crippen molar-refractivity contribution in [3.63, 3.8) is 0 Å². The lowest BCUT2D eigenvalue weighted by Crippen LogP contribution is -3.62. The van der Waals surface area contributed by atoms with Crippen LogP contribution in [-0.2, 0) is 19.1 Å². The van der Waals surface area contributed by atoms with Crippen LogP contribution in [0.25, 0.3) is 0 Å². The summed E-state index contributed by atoms with van der Waals surface area (Å²) in [7, 11) is 0. The molecule has 0 atom stereocenters. The molecule has 1 rings (SSSR count). The van der Waals surface area contributed by atoms with E-state index in [-0.39, 0.29) is 5.56 Å². The number of halogens is 18. The third kappa shape index (κ3) is 7.61. The van der Waals surface area contributed by atoms with Crippen LogP contribution in [0.1, 0.15) is 25.8 Å². The smallest absolute Gasteiger partial charge is 0.550 e. The molecule has 42 heavy (non-hydrogen) atoms. The summed E-state index contributed by atoms with van der Waals surface area (Å²) >= 11 is -1.40. The van der Waals surface area contributed by atoms with Crippen molar-refractivity contribution in [2.75, 3.05) is 0 Å². The quantitative estimate of drug-likeness (QED) is 0.257. The normalized spacial score (nSPS) is 14.2. The van der Waals surface area contributed by atoms with Crippen molar-refractivity contribution in [3.05, 3.63) is 33.4 Å². The number of carbonyl (C=O) groups is 2. The number of rotatable bonds is 11. The summed E-state index contributed by atoms with van der Waals surface area (Å²) in [6.07, 6.45) is -11.7. The van der Waals surface area contributed by atoms with E-state index >= 15 is 0 Å². The lowest BCUT2D eigenvalue weighted by molar-refractivity contribution is -0.852. The monoisotopic (exact) mass is 768 g/mol. The standard InChI is InChI=1S/C18H11F17IO2.C2H4O2/c1-8(37)38-36-10-4-2-9(3-5-10)6-7-11(19,20)12(21,22)13(23,24)14(25,26)15(27,28)16(29,30)17(31,32)18(33,34)35;1-2(3)4/h2-5H,6-7H2,1H3;1H3,(H,3,4)/q+1;/p-1. The van der Waals surface area contributed by atoms with Crippen LogP contribution in [0.4, 0.5) is 74.6 Å². The van der Waals surface area contributed by atoms with Gasteiger partial charge in [-0.2, -0.15) is 74.6 Å². The number of alkyl halides is 17. The van der Waals surface area contributed by atoms with E-state index in [2.05, 4.69) is 3.07 Å². The molecular formula is C20H14F17IO4. The molecule has 0 saturated heterocycles. The molecule has 0 aliphatic rings. The summed E-state index contributed by atoms with van der Waals surface area (Å²) < 4.78 is 230. The molecule has 0 spiro atoms. The second-order valence-corrected chi connectivity index (χ2v) is 10.0. The van der Waals surface area contributed by atoms with Gasteiger partial charge in [0.1, 0.15) is 0 Å². The highest BCUT2D eigenvalue weighted by Crippen LogP contribution is 2.64. The number of carboxylic acid groups (broad SMARTS) is 1. The molecule has 0 saturated carbocycles. The van der Waals surface area contributed by atoms with Gasteiger partial charge in [-0.3, -0.25) is 0 Å². The first-order chi connectivity index (χ1) is 18.3. The number of benzene rings is 1. The fourth-order valence-corrected chi connectivity index (χ4v) is 3.67. The van der Waals surface area contributed by atoms with E-state index < -0.39 is 94.0 Å². The van der Waals surface area contributed by atoms with E-state index in [1.165, 1.54) is 0 Å². The minimum atomic E-state index is -8.64. The van der Waals surface area contributed by atoms with Gasteiger partial charge in [0, 0.05) is 19.3 Å². The maximum Gasteiger partial charge on any atom is 0.583 e. The Morgan fingerprint density at radius 2 is 0.976 bits per heavy atom. The molecule has 1 aromatic carbocycles. The van der Waals surface area contributed by atoms with Crippen LogP contribution in [0.15, 0.2) is 24.3 Å². The number of aliphatic carboxylic acids is 1. The van der Waals surface area contributed by atoms with Crippen LogP contribution in [0.3, 0.4) is 0 Å². The highest BCUT2D eigenvalue weighted by Gasteiger charge is 2.95. The van der Waals surface area contributed by atoms with E-state index in [9.17, 15) is 79.4 Å². The molecule has 1 aromatic rings. The third-order valence-corrected chi connectivity index (χ3v) is 6.73. The maximum atomic E-state index is 13.9. The van der Waals surface area contributed by atoms with E-state index in [4.69, 9.17) is 9.90 Å². The van der Waals surface area contributed by atoms with Gasteiger partial charge in [0.2, 0.25) is 3.57 Å². The van der Waals surface area contributed by atoms with Gasteiger partial charge in [0.15, 0.2) is 0 Å². The van der Waals surface area contributed by atoms with Gasteiger partial charge >= 0.3 is 75.2 Å². The zero-order valence-corrected chi connectivity index (χ0v) is 22.3. The Balaban J connectivity index is 0.00000393. The minimum absolute atomic E-state index is 0.296. The second kappa shape index (κ2) is 12.7. The van der Waals surface area contributed by atoms with Crippen molar-refractivity contribution in [2.45, 2.75) is 74.3 Å². The van der Waals surface area contributed by atoms with Gasteiger partial charge in [0.05, 0.1) is 0 Å². The SMILES string of the molecule is CC(=O)O[I+]c1ccc(CCC(F)(F)C(F)(F)C(F)(F)C(F)(F)C(F)(F)C(F)(F)C(F)(F)C(F)(F)F)cc1.CC(=O)[O-]. The summed E-state index contributed by atoms with van der Waals surface area (Å²) in [4.78, 5) is 19.6. The summed E-state index contributed by atoms with van der Waals surface area (Å²) in [6.45, 7) is 2.01. The topological polar surface area (TPSA) is 66.4 Å². The number of carboxylic acids is 1. The number of aryl methyl sites for hydroxylation is 1. The van der Waals surface area contributed by atoms with Crippen LogP contribution < -0.4 is 26.7 Å². The first-order valence-electron chi connectivity index (χ1n) is 10.2. The molecule has 0 radical (unpaired) electrons. The third-order valence-electron chi connectivity index (χ3n) is 4.66. The fraction of sp³-hybridized carbons (Fsp3) is 0.600. The molecule has 0 heterocycles. The second-order valence-electron chi connectivity index (χ2n) is 7.91. The predicted octanol–water partition coefficient (Wildman–Crippen LogP) is 3.12. The highest BCUT2D eigenvalue weighted by molar-refractivity contribution is 5.64. The van der Waals surface area contributed by atoms with E-state index in [1.54, 1.807) is 0 Å². The van der Waals surface area contributed by atoms with E-state index in [1.807, 2.05) is 0 Å². The maximum absolute atomic E-state index is 13.9. The van der Waals surface area contributed by atoms with Gasteiger partial charge in [0.25, 0.3) is 0 Å². The molecule has 0 bridgehead atoms. The van der Waals surface area contributed by atoms with Crippen molar-refractivity contribution in [1.82, 2.24) is 0 Å². The van der Waals surface area contributed by atoms with Gasteiger partial charge in [-0.05, 0) is 31.0 Å². The molecule has 0 fully saturated rings. The zero-order valence-electron chi connectivity index (χ0n) is 20.2. The average molecular weight is 768 g/mol. The first kappa shape index (κ1) is 39.7. The van der Waals surface area contributed by atoms with Crippen molar-refractivity contribution in [2.24, 2.45) is 0 Å². The molecule has 244 valence electrons. The Labute approximate surface area is 234 Å². The summed E-state index contributed by atoms with van der Waals surface area (Å²) in [6, 6.07) is 3.98. The molecule has 22 heteroatoms. The van der Waals surface area contributed by atoms with Crippen LogP contribution in [0.2, 0.25) is 0 Å². The van der Waals surface area contributed by atoms with Crippen molar-refractivity contribution >= 4 is 11.9 Å². The Morgan fingerprint density at radius 3 is 1.31 bits per heavy atom. The molecule has 0 aromatic heterocycles. The van der Waals surface area contributed by atoms with Gasteiger partial charge < -0.3 is 9.90 Å². The summed E-state index contributed by atoms with van der Waals surface area (Å²) in [5.74, 6) is -58.1. The molecule has 0 aliphatic carbocycles. The molecule has 0 unspecified atom stereocenters. The fourth-order valence-electron chi connectivity index (χ4n) is 2.46. The predicted molar refractivity (Wildman–Crippen MR) is 96.6 cm³/mol. The van der Waals surface area contributed by atoms with Crippen LogP contribution in [0, 0.1) is 3.57 Å². The number of hydrogen-bond donors (Lipinski definition) is 0. The van der Waals surface area contributed by atoms with Gasteiger partial charge in [-0.25, -0.2) is 7.86 Å². The zero-order chi connectivity index (χ0) is 34.0. The van der Waals surface area contributed by atoms with Crippen molar-refractivity contribution < 1.29 is 114 Å². The van der Waals surface area contributed by atoms with E-state index in [0.29, 0.717) is 3.57 Å². The van der Waals surface area contributed by atoms with Crippen LogP contribution in [-0.4, -0.2) is 59.6 Å². The summed E-state index contributed by atoms with van der Waals surface area (Å²) in [5, 5.41) is 8.89. The highest BCUT2D eigenvalue weighted by atomic mass is 127. The van der Waals surface area contributed by atoms with Crippen molar-refractivity contribution in [1.29, 1.82) is 0 Å². The van der Waals surface area contributed by atoms with E-state index in [0.717, 1.165) is 38.1 Å². The molecular weight excluding hydrogens is 754 g/mol. The van der Waals surface area contributed by atoms with Gasteiger partial charge in [-0.1, -0.05) is 12.1 Å². The largest absolute Gasteiger partial charge is 0.583 e. The Morgan fingerprint density at radius 1 is 0.643 bits per heavy atom. The average Bonchev–Trinajstić information content (AvgIpc) is 2.80. The summed E-state index contributed by atoms with van der Waals surface area (Å²) in [5.41, 5.74) is -0.382. The van der Waals surface area contributed by atoms with Crippen LogP contribution in [0.5, 0.6) is 0 Å².